The molecule has 1 aliphatic heterocycles. The van der Waals surface area contributed by atoms with E-state index in [1.807, 2.05) is 43.3 Å². The van der Waals surface area contributed by atoms with Crippen LogP contribution in [0.5, 0.6) is 0 Å². The molecule has 4 aromatic rings. The molecule has 0 saturated heterocycles. The number of anilines is 2. The van der Waals surface area contributed by atoms with Crippen molar-refractivity contribution in [3.8, 4) is 11.1 Å². The average molecular weight is 568 g/mol. The van der Waals surface area contributed by atoms with Gasteiger partial charge in [0.15, 0.2) is 0 Å². The summed E-state index contributed by atoms with van der Waals surface area (Å²) in [5, 5.41) is 5.31. The van der Waals surface area contributed by atoms with Crippen LogP contribution in [0, 0.1) is 6.92 Å². The smallest absolute Gasteiger partial charge is 0.258 e. The monoisotopic (exact) mass is 567 g/mol. The maximum atomic E-state index is 15.3. The van der Waals surface area contributed by atoms with Gasteiger partial charge in [-0.1, -0.05) is 66.2 Å². The molecule has 0 fully saturated rings. The third-order valence-corrected chi connectivity index (χ3v) is 7.62. The van der Waals surface area contributed by atoms with Gasteiger partial charge in [-0.3, -0.25) is 14.4 Å². The molecule has 0 saturated carbocycles. The fraction of sp³-hybridized carbons (Fsp3) is 0.206. The molecule has 0 aromatic heterocycles. The summed E-state index contributed by atoms with van der Waals surface area (Å²) in [7, 11) is 1.41. The van der Waals surface area contributed by atoms with Crippen LogP contribution < -0.4 is 15.5 Å². The highest BCUT2D eigenvalue weighted by Crippen LogP contribution is 2.45. The summed E-state index contributed by atoms with van der Waals surface area (Å²) in [5.41, 5.74) is 4.75. The molecule has 3 amide bonds. The van der Waals surface area contributed by atoms with E-state index < -0.39 is 30.1 Å². The Morgan fingerprint density at radius 2 is 1.55 bits per heavy atom. The van der Waals surface area contributed by atoms with Gasteiger partial charge in [-0.15, -0.1) is 0 Å². The number of amides is 3. The molecule has 1 unspecified atom stereocenters. The van der Waals surface area contributed by atoms with Gasteiger partial charge in [-0.25, -0.2) is 8.78 Å². The lowest BCUT2D eigenvalue weighted by Gasteiger charge is -2.25. The van der Waals surface area contributed by atoms with Crippen molar-refractivity contribution in [2.75, 3.05) is 23.8 Å². The fourth-order valence-corrected chi connectivity index (χ4v) is 5.29. The number of rotatable bonds is 6. The second kappa shape index (κ2) is 11.9. The molecular formula is C34H31F2N3O3. The number of nitrogens with zero attached hydrogens (tertiary/aromatic N) is 1. The van der Waals surface area contributed by atoms with Crippen LogP contribution in [-0.2, 0) is 4.79 Å². The van der Waals surface area contributed by atoms with Gasteiger partial charge in [0.05, 0.1) is 5.92 Å². The van der Waals surface area contributed by atoms with Crippen LogP contribution in [0.15, 0.2) is 97.1 Å². The quantitative estimate of drug-likeness (QED) is 0.268. The molecule has 42 heavy (non-hydrogen) atoms. The zero-order chi connectivity index (χ0) is 29.9. The molecule has 1 aliphatic rings. The number of aryl methyl sites for hydroxylation is 1. The van der Waals surface area contributed by atoms with E-state index in [9.17, 15) is 14.4 Å². The Bertz CT molecular complexity index is 1620. The van der Waals surface area contributed by atoms with E-state index >= 15 is 8.78 Å². The number of carbonyl (C=O) groups is 3. The lowest BCUT2D eigenvalue weighted by atomic mass is 9.87. The molecule has 1 atom stereocenters. The number of alkyl halides is 2. The highest BCUT2D eigenvalue weighted by Gasteiger charge is 2.46. The molecular weight excluding hydrogens is 536 g/mol. The lowest BCUT2D eigenvalue weighted by Crippen LogP contribution is -2.34. The summed E-state index contributed by atoms with van der Waals surface area (Å²) in [4.78, 5) is 40.2. The fourth-order valence-electron chi connectivity index (χ4n) is 5.29. The van der Waals surface area contributed by atoms with Crippen LogP contribution in [0.3, 0.4) is 0 Å². The van der Waals surface area contributed by atoms with Crippen molar-refractivity contribution in [3.05, 3.63) is 119 Å². The Balaban J connectivity index is 1.37. The molecule has 1 heterocycles. The standard InChI is InChI=1S/C34H31F2N3O3/c1-22-11-13-23(14-12-22)26-7-3-4-8-27(26)32(41)38-25-17-15-24(16-18-25)33(42)39-20-19-34(35,36)29(21-31(40)37-2)28-9-5-6-10-30(28)39/h3-18,29H,19-21H2,1-2H3,(H,37,40)(H,38,41). The Hall–Kier alpha value is -4.85. The Kier molecular flexibility index (Phi) is 8.15. The summed E-state index contributed by atoms with van der Waals surface area (Å²) >= 11 is 0. The number of fused-ring (bicyclic) bond motifs is 1. The molecule has 2 N–H and O–H groups in total. The Morgan fingerprint density at radius 3 is 2.26 bits per heavy atom. The molecule has 0 radical (unpaired) electrons. The first-order valence-electron chi connectivity index (χ1n) is 13.7. The van der Waals surface area contributed by atoms with E-state index in [1.165, 1.54) is 11.9 Å². The summed E-state index contributed by atoms with van der Waals surface area (Å²) < 4.78 is 30.5. The second-order valence-corrected chi connectivity index (χ2v) is 10.4. The van der Waals surface area contributed by atoms with Crippen LogP contribution in [0.1, 0.15) is 50.6 Å². The Labute approximate surface area is 243 Å². The van der Waals surface area contributed by atoms with E-state index in [-0.39, 0.29) is 30.0 Å². The van der Waals surface area contributed by atoms with Crippen LogP contribution >= 0.6 is 0 Å². The van der Waals surface area contributed by atoms with Crippen LogP contribution in [0.2, 0.25) is 0 Å². The minimum atomic E-state index is -3.18. The second-order valence-electron chi connectivity index (χ2n) is 10.4. The number of carbonyl (C=O) groups excluding carboxylic acids is 3. The van der Waals surface area contributed by atoms with Gasteiger partial charge in [0.25, 0.3) is 17.7 Å². The van der Waals surface area contributed by atoms with Gasteiger partial charge in [0.1, 0.15) is 0 Å². The number of hydrogen-bond acceptors (Lipinski definition) is 3. The largest absolute Gasteiger partial charge is 0.359 e. The van der Waals surface area contributed by atoms with Crippen molar-refractivity contribution in [1.82, 2.24) is 5.32 Å². The molecule has 0 aliphatic carbocycles. The minimum absolute atomic E-state index is 0.207. The predicted molar refractivity (Wildman–Crippen MR) is 160 cm³/mol. The van der Waals surface area contributed by atoms with Gasteiger partial charge < -0.3 is 15.5 Å². The van der Waals surface area contributed by atoms with E-state index in [1.54, 1.807) is 60.7 Å². The first-order valence-corrected chi connectivity index (χ1v) is 13.7. The number of halogens is 2. The molecule has 8 heteroatoms. The van der Waals surface area contributed by atoms with Crippen molar-refractivity contribution >= 4 is 29.1 Å². The first-order chi connectivity index (χ1) is 20.2. The number of nitrogens with one attached hydrogen (secondary N) is 2. The topological polar surface area (TPSA) is 78.5 Å². The highest BCUT2D eigenvalue weighted by molar-refractivity contribution is 6.10. The zero-order valence-electron chi connectivity index (χ0n) is 23.4. The molecule has 6 nitrogen and oxygen atoms in total. The third-order valence-electron chi connectivity index (χ3n) is 7.62. The van der Waals surface area contributed by atoms with Crippen molar-refractivity contribution in [2.24, 2.45) is 0 Å². The summed E-state index contributed by atoms with van der Waals surface area (Å²) in [5.74, 6) is -5.77. The zero-order valence-corrected chi connectivity index (χ0v) is 23.4. The SMILES string of the molecule is CNC(=O)CC1c2ccccc2N(C(=O)c2ccc(NC(=O)c3ccccc3-c3ccc(C)cc3)cc2)CCC1(F)F. The predicted octanol–water partition coefficient (Wildman–Crippen LogP) is 6.82. The summed E-state index contributed by atoms with van der Waals surface area (Å²) in [6.45, 7) is 1.79. The minimum Gasteiger partial charge on any atom is -0.359 e. The maximum Gasteiger partial charge on any atom is 0.258 e. The molecule has 0 spiro atoms. The number of hydrogen-bond donors (Lipinski definition) is 2. The van der Waals surface area contributed by atoms with Gasteiger partial charge in [0.2, 0.25) is 5.91 Å². The van der Waals surface area contributed by atoms with Crippen molar-refractivity contribution in [3.63, 3.8) is 0 Å². The Morgan fingerprint density at radius 1 is 0.881 bits per heavy atom. The highest BCUT2D eigenvalue weighted by atomic mass is 19.3. The molecule has 214 valence electrons. The van der Waals surface area contributed by atoms with E-state index in [2.05, 4.69) is 10.6 Å². The third kappa shape index (κ3) is 5.93. The first kappa shape index (κ1) is 28.7. The van der Waals surface area contributed by atoms with E-state index in [4.69, 9.17) is 0 Å². The van der Waals surface area contributed by atoms with Crippen LogP contribution in [0.4, 0.5) is 20.2 Å². The van der Waals surface area contributed by atoms with Crippen molar-refractivity contribution in [2.45, 2.75) is 31.6 Å². The summed E-state index contributed by atoms with van der Waals surface area (Å²) in [6, 6.07) is 28.1. The normalized spacial score (nSPS) is 15.7. The van der Waals surface area contributed by atoms with Gasteiger partial charge in [-0.05, 0) is 60.0 Å². The number of para-hydroxylation sites is 1. The van der Waals surface area contributed by atoms with Gasteiger partial charge >= 0.3 is 0 Å². The number of benzene rings is 4. The van der Waals surface area contributed by atoms with E-state index in [0.717, 1.165) is 16.7 Å². The van der Waals surface area contributed by atoms with Crippen LogP contribution in [-0.4, -0.2) is 37.2 Å². The summed E-state index contributed by atoms with van der Waals surface area (Å²) in [6.07, 6.45) is -0.965. The van der Waals surface area contributed by atoms with Gasteiger partial charge in [-0.2, -0.15) is 0 Å². The lowest BCUT2D eigenvalue weighted by molar-refractivity contribution is -0.124. The van der Waals surface area contributed by atoms with Crippen molar-refractivity contribution in [1.29, 1.82) is 0 Å². The molecule has 4 aromatic carbocycles. The maximum absolute atomic E-state index is 15.3. The van der Waals surface area contributed by atoms with Crippen LogP contribution in [0.25, 0.3) is 11.1 Å². The van der Waals surface area contributed by atoms with E-state index in [0.29, 0.717) is 16.9 Å². The van der Waals surface area contributed by atoms with Crippen molar-refractivity contribution < 1.29 is 23.2 Å². The average Bonchev–Trinajstić information content (AvgIpc) is 3.11. The van der Waals surface area contributed by atoms with Gasteiger partial charge in [0, 0.05) is 48.9 Å². The molecule has 5 rings (SSSR count). The molecule has 0 bridgehead atoms.